The molecule has 0 saturated heterocycles. The van der Waals surface area contributed by atoms with Gasteiger partial charge in [-0.15, -0.1) is 0 Å². The minimum Gasteiger partial charge on any atom is -0.409 e. The molecule has 70 valence electrons. The van der Waals surface area contributed by atoms with Crippen LogP contribution in [0.4, 0.5) is 0 Å². The third kappa shape index (κ3) is 2.47. The van der Waals surface area contributed by atoms with E-state index in [0.29, 0.717) is 0 Å². The van der Waals surface area contributed by atoms with Gasteiger partial charge in [-0.25, -0.2) is 0 Å². The number of amides is 1. The SMILES string of the molecule is NC(CNC(=O)c1ccon1)=NO. The van der Waals surface area contributed by atoms with E-state index in [9.17, 15) is 4.79 Å². The molecule has 13 heavy (non-hydrogen) atoms. The van der Waals surface area contributed by atoms with Crippen molar-refractivity contribution in [3.8, 4) is 0 Å². The highest BCUT2D eigenvalue weighted by atomic mass is 16.5. The zero-order valence-electron chi connectivity index (χ0n) is 6.60. The molecule has 0 atom stereocenters. The maximum absolute atomic E-state index is 11.1. The molecule has 7 heteroatoms. The summed E-state index contributed by atoms with van der Waals surface area (Å²) < 4.78 is 4.45. The quantitative estimate of drug-likeness (QED) is 0.245. The normalized spacial score (nSPS) is 11.2. The van der Waals surface area contributed by atoms with Crippen molar-refractivity contribution >= 4 is 11.7 Å². The van der Waals surface area contributed by atoms with Crippen LogP contribution in [-0.2, 0) is 0 Å². The second kappa shape index (κ2) is 4.10. The van der Waals surface area contributed by atoms with Crippen molar-refractivity contribution in [3.05, 3.63) is 18.0 Å². The predicted molar refractivity (Wildman–Crippen MR) is 42.2 cm³/mol. The van der Waals surface area contributed by atoms with Gasteiger partial charge in [0, 0.05) is 6.07 Å². The van der Waals surface area contributed by atoms with Crippen LogP contribution < -0.4 is 11.1 Å². The number of nitrogens with two attached hydrogens (primary N) is 1. The number of aromatic nitrogens is 1. The molecule has 1 amide bonds. The lowest BCUT2D eigenvalue weighted by atomic mass is 10.4. The van der Waals surface area contributed by atoms with Gasteiger partial charge in [0.2, 0.25) is 0 Å². The van der Waals surface area contributed by atoms with Crippen LogP contribution >= 0.6 is 0 Å². The average Bonchev–Trinajstić information content (AvgIpc) is 2.66. The van der Waals surface area contributed by atoms with Crippen LogP contribution in [0.1, 0.15) is 10.5 Å². The van der Waals surface area contributed by atoms with Crippen LogP contribution in [0.15, 0.2) is 22.0 Å². The Morgan fingerprint density at radius 1 is 1.85 bits per heavy atom. The molecule has 0 fully saturated rings. The van der Waals surface area contributed by atoms with Gasteiger partial charge in [0.1, 0.15) is 6.26 Å². The molecule has 0 aromatic carbocycles. The Labute approximate surface area is 73.2 Å². The fourth-order valence-corrected chi connectivity index (χ4v) is 0.626. The van der Waals surface area contributed by atoms with E-state index in [4.69, 9.17) is 10.9 Å². The van der Waals surface area contributed by atoms with E-state index in [-0.39, 0.29) is 18.1 Å². The Morgan fingerprint density at radius 3 is 3.15 bits per heavy atom. The summed E-state index contributed by atoms with van der Waals surface area (Å²) in [5.41, 5.74) is 5.26. The summed E-state index contributed by atoms with van der Waals surface area (Å²) in [6.07, 6.45) is 1.28. The predicted octanol–water partition coefficient (Wildman–Crippen LogP) is -0.849. The van der Waals surface area contributed by atoms with E-state index >= 15 is 0 Å². The largest absolute Gasteiger partial charge is 0.409 e. The van der Waals surface area contributed by atoms with E-state index < -0.39 is 5.91 Å². The molecule has 0 aliphatic carbocycles. The second-order valence-electron chi connectivity index (χ2n) is 2.16. The summed E-state index contributed by atoms with van der Waals surface area (Å²) in [7, 11) is 0. The van der Waals surface area contributed by atoms with E-state index in [1.165, 1.54) is 12.3 Å². The number of nitrogens with one attached hydrogen (secondary N) is 1. The zero-order chi connectivity index (χ0) is 9.68. The molecule has 4 N–H and O–H groups in total. The topological polar surface area (TPSA) is 114 Å². The van der Waals surface area contributed by atoms with E-state index in [1.54, 1.807) is 0 Å². The lowest BCUT2D eigenvalue weighted by molar-refractivity contribution is 0.0950. The fraction of sp³-hybridized carbons (Fsp3) is 0.167. The zero-order valence-corrected chi connectivity index (χ0v) is 6.60. The number of amidine groups is 1. The minimum absolute atomic E-state index is 0.0395. The highest BCUT2D eigenvalue weighted by Crippen LogP contribution is 1.92. The van der Waals surface area contributed by atoms with Crippen LogP contribution in [-0.4, -0.2) is 28.7 Å². The van der Waals surface area contributed by atoms with Gasteiger partial charge in [0.05, 0.1) is 6.54 Å². The van der Waals surface area contributed by atoms with E-state index in [0.717, 1.165) is 0 Å². The monoisotopic (exact) mass is 184 g/mol. The summed E-state index contributed by atoms with van der Waals surface area (Å²) in [5.74, 6) is -0.530. The van der Waals surface area contributed by atoms with Crippen molar-refractivity contribution in [2.45, 2.75) is 0 Å². The average molecular weight is 184 g/mol. The first-order chi connectivity index (χ1) is 6.24. The van der Waals surface area contributed by atoms with Crippen molar-refractivity contribution in [2.24, 2.45) is 10.9 Å². The number of carbonyl (C=O) groups is 1. The molecule has 1 rings (SSSR count). The van der Waals surface area contributed by atoms with Gasteiger partial charge in [0.25, 0.3) is 5.91 Å². The minimum atomic E-state index is -0.444. The van der Waals surface area contributed by atoms with Crippen molar-refractivity contribution in [1.82, 2.24) is 10.5 Å². The Balaban J connectivity index is 2.44. The summed E-state index contributed by atoms with van der Waals surface area (Å²) >= 11 is 0. The van der Waals surface area contributed by atoms with Crippen molar-refractivity contribution in [2.75, 3.05) is 6.54 Å². The third-order valence-electron chi connectivity index (χ3n) is 1.23. The van der Waals surface area contributed by atoms with Crippen LogP contribution in [0.5, 0.6) is 0 Å². The Kier molecular flexibility index (Phi) is 2.85. The summed E-state index contributed by atoms with van der Waals surface area (Å²) in [6, 6.07) is 1.40. The van der Waals surface area contributed by atoms with Gasteiger partial charge in [0.15, 0.2) is 11.5 Å². The molecule has 7 nitrogen and oxygen atoms in total. The molecule has 0 radical (unpaired) electrons. The Hall–Kier alpha value is -2.05. The van der Waals surface area contributed by atoms with Gasteiger partial charge in [-0.1, -0.05) is 10.3 Å². The van der Waals surface area contributed by atoms with Gasteiger partial charge >= 0.3 is 0 Å². The van der Waals surface area contributed by atoms with Crippen LogP contribution in [0.2, 0.25) is 0 Å². The smallest absolute Gasteiger partial charge is 0.273 e. The molecule has 0 bridgehead atoms. The van der Waals surface area contributed by atoms with Crippen LogP contribution in [0, 0.1) is 0 Å². The van der Waals surface area contributed by atoms with Crippen molar-refractivity contribution in [3.63, 3.8) is 0 Å². The summed E-state index contributed by atoms with van der Waals surface area (Å²) in [5, 5.41) is 16.6. The Bertz CT molecular complexity index is 306. The molecule has 0 unspecified atom stereocenters. The standard InChI is InChI=1S/C6H8N4O3/c7-5(9-12)3-8-6(11)4-1-2-13-10-4/h1-2,12H,3H2,(H2,7,9)(H,8,11). The van der Waals surface area contributed by atoms with Crippen molar-refractivity contribution < 1.29 is 14.5 Å². The lowest BCUT2D eigenvalue weighted by Gasteiger charge is -1.99. The first-order valence-electron chi connectivity index (χ1n) is 3.39. The molecule has 0 aliphatic rings. The number of rotatable bonds is 3. The molecule has 1 heterocycles. The number of oxime groups is 1. The van der Waals surface area contributed by atoms with Gasteiger partial charge in [-0.05, 0) is 0 Å². The molecule has 0 saturated carbocycles. The summed E-state index contributed by atoms with van der Waals surface area (Å²) in [6.45, 7) is -0.0395. The number of carbonyl (C=O) groups excluding carboxylic acids is 1. The first kappa shape index (κ1) is 9.04. The maximum atomic E-state index is 11.1. The first-order valence-corrected chi connectivity index (χ1v) is 3.39. The third-order valence-corrected chi connectivity index (χ3v) is 1.23. The number of hydrogen-bond acceptors (Lipinski definition) is 5. The van der Waals surface area contributed by atoms with Gasteiger partial charge in [-0.3, -0.25) is 4.79 Å². The highest BCUT2D eigenvalue weighted by molar-refractivity contribution is 5.95. The number of hydrogen-bond donors (Lipinski definition) is 3. The maximum Gasteiger partial charge on any atom is 0.273 e. The molecular formula is C6H8N4O3. The highest BCUT2D eigenvalue weighted by Gasteiger charge is 2.07. The van der Waals surface area contributed by atoms with Crippen LogP contribution in [0.25, 0.3) is 0 Å². The fourth-order valence-electron chi connectivity index (χ4n) is 0.626. The van der Waals surface area contributed by atoms with Gasteiger partial charge in [-0.2, -0.15) is 0 Å². The molecule has 1 aromatic heterocycles. The molecular weight excluding hydrogens is 176 g/mol. The lowest BCUT2D eigenvalue weighted by Crippen LogP contribution is -2.33. The van der Waals surface area contributed by atoms with Crippen LogP contribution in [0.3, 0.4) is 0 Å². The molecule has 1 aromatic rings. The number of nitrogens with zero attached hydrogens (tertiary/aromatic N) is 2. The molecule has 0 spiro atoms. The Morgan fingerprint density at radius 2 is 2.62 bits per heavy atom. The van der Waals surface area contributed by atoms with Crippen molar-refractivity contribution in [1.29, 1.82) is 0 Å². The summed E-state index contributed by atoms with van der Waals surface area (Å²) in [4.78, 5) is 11.1. The van der Waals surface area contributed by atoms with Gasteiger partial charge < -0.3 is 20.8 Å². The van der Waals surface area contributed by atoms with E-state index in [1.807, 2.05) is 0 Å². The second-order valence-corrected chi connectivity index (χ2v) is 2.16. The van der Waals surface area contributed by atoms with E-state index in [2.05, 4.69) is 20.2 Å². The molecule has 0 aliphatic heterocycles.